The third-order valence-corrected chi connectivity index (χ3v) is 3.28. The molecular weight excluding hydrogens is 242 g/mol. The predicted molar refractivity (Wildman–Crippen MR) is 74.2 cm³/mol. The number of ether oxygens (including phenoxy) is 1. The van der Waals surface area contributed by atoms with Crippen molar-refractivity contribution in [1.29, 1.82) is 0 Å². The summed E-state index contributed by atoms with van der Waals surface area (Å²) in [7, 11) is 0. The topological polar surface area (TPSA) is 54.5 Å². The molecule has 1 aliphatic rings. The molecule has 1 atom stereocenters. The van der Waals surface area contributed by atoms with Gasteiger partial charge in [-0.05, 0) is 31.9 Å². The number of carbonyl (C=O) groups excluding carboxylic acids is 1. The molecule has 1 aromatic heterocycles. The summed E-state index contributed by atoms with van der Waals surface area (Å²) in [5, 5.41) is 2.82. The van der Waals surface area contributed by atoms with Crippen LogP contribution in [0.1, 0.15) is 18.9 Å². The number of nitrogens with zero attached hydrogens (tertiary/aromatic N) is 2. The van der Waals surface area contributed by atoms with Gasteiger partial charge < -0.3 is 9.64 Å². The Bertz CT molecular complexity index is 419. The van der Waals surface area contributed by atoms with Crippen LogP contribution in [0.15, 0.2) is 18.3 Å². The Labute approximate surface area is 114 Å². The summed E-state index contributed by atoms with van der Waals surface area (Å²) in [5.74, 6) is 1.06. The van der Waals surface area contributed by atoms with Gasteiger partial charge in [-0.2, -0.15) is 0 Å². The minimum absolute atomic E-state index is 0.0737. The van der Waals surface area contributed by atoms with Gasteiger partial charge in [0.2, 0.25) is 0 Å². The largest absolute Gasteiger partial charge is 0.381 e. The number of carbonyl (C=O) groups is 1. The molecule has 5 heteroatoms. The van der Waals surface area contributed by atoms with Gasteiger partial charge in [-0.1, -0.05) is 6.07 Å². The van der Waals surface area contributed by atoms with Crippen molar-refractivity contribution in [2.75, 3.05) is 31.6 Å². The summed E-state index contributed by atoms with van der Waals surface area (Å²) in [6.45, 7) is 6.98. The standard InChI is InChI=1S/C14H21N3O2/c1-3-19-10-12-6-7-17(9-12)14(18)16-13-5-4-11(2)8-15-13/h4-5,8,12H,3,6-7,9-10H2,1-2H3,(H,15,16,18). The van der Waals surface area contributed by atoms with Crippen LogP contribution in [-0.2, 0) is 4.74 Å². The number of rotatable bonds is 4. The van der Waals surface area contributed by atoms with Crippen molar-refractivity contribution < 1.29 is 9.53 Å². The molecule has 104 valence electrons. The van der Waals surface area contributed by atoms with Gasteiger partial charge in [0.15, 0.2) is 0 Å². The molecule has 0 aliphatic carbocycles. The molecule has 0 bridgehead atoms. The van der Waals surface area contributed by atoms with Gasteiger partial charge >= 0.3 is 6.03 Å². The highest BCUT2D eigenvalue weighted by Crippen LogP contribution is 2.17. The van der Waals surface area contributed by atoms with E-state index in [2.05, 4.69) is 10.3 Å². The van der Waals surface area contributed by atoms with E-state index in [-0.39, 0.29) is 6.03 Å². The summed E-state index contributed by atoms with van der Waals surface area (Å²) >= 11 is 0. The third-order valence-electron chi connectivity index (χ3n) is 3.28. The molecule has 2 heterocycles. The van der Waals surface area contributed by atoms with E-state index in [4.69, 9.17) is 4.74 Å². The molecule has 19 heavy (non-hydrogen) atoms. The first-order chi connectivity index (χ1) is 9.19. The summed E-state index contributed by atoms with van der Waals surface area (Å²) in [5.41, 5.74) is 1.08. The van der Waals surface area contributed by atoms with E-state index in [9.17, 15) is 4.79 Å². The molecule has 0 spiro atoms. The molecule has 5 nitrogen and oxygen atoms in total. The number of likely N-dealkylation sites (tertiary alicyclic amines) is 1. The smallest absolute Gasteiger partial charge is 0.323 e. The highest BCUT2D eigenvalue weighted by molar-refractivity contribution is 5.88. The number of urea groups is 1. The van der Waals surface area contributed by atoms with Gasteiger partial charge in [-0.3, -0.25) is 5.32 Å². The number of hydrogen-bond donors (Lipinski definition) is 1. The second-order valence-corrected chi connectivity index (χ2v) is 4.91. The van der Waals surface area contributed by atoms with Crippen LogP contribution in [0.2, 0.25) is 0 Å². The van der Waals surface area contributed by atoms with Crippen LogP contribution in [0, 0.1) is 12.8 Å². The highest BCUT2D eigenvalue weighted by atomic mass is 16.5. The second-order valence-electron chi connectivity index (χ2n) is 4.91. The van der Waals surface area contributed by atoms with Crippen molar-refractivity contribution in [3.63, 3.8) is 0 Å². The van der Waals surface area contributed by atoms with Crippen LogP contribution < -0.4 is 5.32 Å². The summed E-state index contributed by atoms with van der Waals surface area (Å²) in [4.78, 5) is 18.1. The van der Waals surface area contributed by atoms with Crippen molar-refractivity contribution in [1.82, 2.24) is 9.88 Å². The quantitative estimate of drug-likeness (QED) is 0.906. The van der Waals surface area contributed by atoms with E-state index >= 15 is 0 Å². The van der Waals surface area contributed by atoms with Gasteiger partial charge in [0.25, 0.3) is 0 Å². The first kappa shape index (κ1) is 13.8. The minimum Gasteiger partial charge on any atom is -0.381 e. The summed E-state index contributed by atoms with van der Waals surface area (Å²) in [6.07, 6.45) is 2.76. The van der Waals surface area contributed by atoms with Crippen LogP contribution >= 0.6 is 0 Å². The third kappa shape index (κ3) is 3.92. The maximum absolute atomic E-state index is 12.1. The van der Waals surface area contributed by atoms with E-state index < -0.39 is 0 Å². The number of anilines is 1. The van der Waals surface area contributed by atoms with Crippen molar-refractivity contribution in [3.05, 3.63) is 23.9 Å². The lowest BCUT2D eigenvalue weighted by Gasteiger charge is -2.17. The van der Waals surface area contributed by atoms with Crippen LogP contribution in [0.4, 0.5) is 10.6 Å². The molecule has 2 rings (SSSR count). The Kier molecular flexibility index (Phi) is 4.74. The molecule has 1 saturated heterocycles. The lowest BCUT2D eigenvalue weighted by Crippen LogP contribution is -2.33. The average Bonchev–Trinajstić information content (AvgIpc) is 2.88. The van der Waals surface area contributed by atoms with Gasteiger partial charge in [-0.15, -0.1) is 0 Å². The Morgan fingerprint density at radius 3 is 3.11 bits per heavy atom. The first-order valence-electron chi connectivity index (χ1n) is 6.75. The zero-order chi connectivity index (χ0) is 13.7. The van der Waals surface area contributed by atoms with E-state index in [0.29, 0.717) is 11.7 Å². The Hall–Kier alpha value is -1.62. The Morgan fingerprint density at radius 2 is 2.42 bits per heavy atom. The van der Waals surface area contributed by atoms with Crippen LogP contribution in [0.25, 0.3) is 0 Å². The zero-order valence-electron chi connectivity index (χ0n) is 11.6. The average molecular weight is 263 g/mol. The van der Waals surface area contributed by atoms with E-state index in [0.717, 1.165) is 38.3 Å². The molecule has 1 aliphatic heterocycles. The lowest BCUT2D eigenvalue weighted by atomic mass is 10.1. The van der Waals surface area contributed by atoms with Crippen molar-refractivity contribution >= 4 is 11.8 Å². The molecule has 1 aromatic rings. The Morgan fingerprint density at radius 1 is 1.58 bits per heavy atom. The van der Waals surface area contributed by atoms with Gasteiger partial charge in [0, 0.05) is 31.8 Å². The highest BCUT2D eigenvalue weighted by Gasteiger charge is 2.26. The fourth-order valence-corrected chi connectivity index (χ4v) is 2.17. The molecule has 1 unspecified atom stereocenters. The summed E-state index contributed by atoms with van der Waals surface area (Å²) in [6, 6.07) is 3.68. The van der Waals surface area contributed by atoms with E-state index in [1.165, 1.54) is 0 Å². The van der Waals surface area contributed by atoms with Gasteiger partial charge in [0.1, 0.15) is 5.82 Å². The fraction of sp³-hybridized carbons (Fsp3) is 0.571. The monoisotopic (exact) mass is 263 g/mol. The number of aryl methyl sites for hydroxylation is 1. The maximum Gasteiger partial charge on any atom is 0.323 e. The predicted octanol–water partition coefficient (Wildman–Crippen LogP) is 2.28. The molecule has 1 N–H and O–H groups in total. The number of nitrogens with one attached hydrogen (secondary N) is 1. The molecule has 0 saturated carbocycles. The van der Waals surface area contributed by atoms with Crippen LogP contribution in [0.3, 0.4) is 0 Å². The molecule has 2 amide bonds. The fourth-order valence-electron chi connectivity index (χ4n) is 2.17. The first-order valence-corrected chi connectivity index (χ1v) is 6.75. The minimum atomic E-state index is -0.0737. The molecule has 0 aromatic carbocycles. The van der Waals surface area contributed by atoms with Crippen molar-refractivity contribution in [3.8, 4) is 0 Å². The number of amides is 2. The van der Waals surface area contributed by atoms with E-state index in [1.54, 1.807) is 6.20 Å². The molecule has 1 fully saturated rings. The van der Waals surface area contributed by atoms with Crippen LogP contribution in [0.5, 0.6) is 0 Å². The number of hydrogen-bond acceptors (Lipinski definition) is 3. The zero-order valence-corrected chi connectivity index (χ0v) is 11.6. The normalized spacial score (nSPS) is 18.6. The SMILES string of the molecule is CCOCC1CCN(C(=O)Nc2ccc(C)cn2)C1. The molecular formula is C14H21N3O2. The molecule has 0 radical (unpaired) electrons. The van der Waals surface area contributed by atoms with Crippen molar-refractivity contribution in [2.45, 2.75) is 20.3 Å². The lowest BCUT2D eigenvalue weighted by molar-refractivity contribution is 0.113. The van der Waals surface area contributed by atoms with E-state index in [1.807, 2.05) is 30.9 Å². The maximum atomic E-state index is 12.1. The second kappa shape index (κ2) is 6.52. The van der Waals surface area contributed by atoms with Crippen LogP contribution in [-0.4, -0.2) is 42.2 Å². The van der Waals surface area contributed by atoms with Gasteiger partial charge in [-0.25, -0.2) is 9.78 Å². The number of aromatic nitrogens is 1. The summed E-state index contributed by atoms with van der Waals surface area (Å²) < 4.78 is 5.41. The van der Waals surface area contributed by atoms with Gasteiger partial charge in [0.05, 0.1) is 6.61 Å². The Balaban J connectivity index is 1.82. The van der Waals surface area contributed by atoms with Crippen molar-refractivity contribution in [2.24, 2.45) is 5.92 Å². The number of pyridine rings is 1.